The number of benzene rings is 1. The first-order valence-electron chi connectivity index (χ1n) is 9.06. The number of guanidine groups is 1. The second-order valence-corrected chi connectivity index (χ2v) is 6.93. The minimum atomic E-state index is 0.0615. The Morgan fingerprint density at radius 3 is 2.73 bits per heavy atom. The molecular formula is C20H31N5O. The van der Waals surface area contributed by atoms with Gasteiger partial charge in [-0.25, -0.2) is 4.98 Å². The van der Waals surface area contributed by atoms with Crippen molar-refractivity contribution in [1.29, 1.82) is 0 Å². The summed E-state index contributed by atoms with van der Waals surface area (Å²) in [5.41, 5.74) is 2.31. The van der Waals surface area contributed by atoms with E-state index in [9.17, 15) is 0 Å². The van der Waals surface area contributed by atoms with Crippen LogP contribution in [0.3, 0.4) is 0 Å². The lowest BCUT2D eigenvalue weighted by Gasteiger charge is -2.21. The number of nitrogens with one attached hydrogen (secondary N) is 2. The van der Waals surface area contributed by atoms with Crippen molar-refractivity contribution in [3.8, 4) is 5.75 Å². The maximum absolute atomic E-state index is 5.49. The van der Waals surface area contributed by atoms with Crippen molar-refractivity contribution >= 4 is 5.96 Å². The molecule has 2 N–H and O–H groups in total. The molecule has 0 bridgehead atoms. The van der Waals surface area contributed by atoms with Crippen molar-refractivity contribution in [3.05, 3.63) is 47.5 Å². The number of imidazole rings is 1. The Bertz CT molecular complexity index is 736. The summed E-state index contributed by atoms with van der Waals surface area (Å²) in [5, 5.41) is 6.78. The maximum atomic E-state index is 5.49. The van der Waals surface area contributed by atoms with Gasteiger partial charge in [0.2, 0.25) is 0 Å². The second-order valence-electron chi connectivity index (χ2n) is 6.93. The molecule has 2 aromatic rings. The number of hydrogen-bond donors (Lipinski definition) is 2. The van der Waals surface area contributed by atoms with Gasteiger partial charge in [-0.05, 0) is 25.8 Å². The van der Waals surface area contributed by atoms with E-state index in [1.807, 2.05) is 18.5 Å². The Hall–Kier alpha value is -2.50. The molecule has 6 nitrogen and oxygen atoms in total. The zero-order valence-electron chi connectivity index (χ0n) is 16.7. The van der Waals surface area contributed by atoms with E-state index < -0.39 is 0 Å². The predicted octanol–water partition coefficient (Wildman–Crippen LogP) is 3.28. The number of methoxy groups -OCH3 is 1. The Labute approximate surface area is 156 Å². The summed E-state index contributed by atoms with van der Waals surface area (Å²) in [6.07, 6.45) is 3.86. The van der Waals surface area contributed by atoms with Gasteiger partial charge < -0.3 is 19.9 Å². The fraction of sp³-hybridized carbons (Fsp3) is 0.500. The molecule has 0 aliphatic heterocycles. The molecule has 0 saturated heterocycles. The number of aryl methyl sites for hydroxylation is 1. The van der Waals surface area contributed by atoms with Crippen molar-refractivity contribution in [2.45, 2.75) is 46.8 Å². The number of ether oxygens (including phenoxy) is 1. The van der Waals surface area contributed by atoms with E-state index in [0.717, 1.165) is 29.6 Å². The molecule has 26 heavy (non-hydrogen) atoms. The quantitative estimate of drug-likeness (QED) is 0.590. The van der Waals surface area contributed by atoms with E-state index >= 15 is 0 Å². The predicted molar refractivity (Wildman–Crippen MR) is 107 cm³/mol. The van der Waals surface area contributed by atoms with Crippen molar-refractivity contribution in [1.82, 2.24) is 20.2 Å². The van der Waals surface area contributed by atoms with Gasteiger partial charge in [0.15, 0.2) is 5.96 Å². The topological polar surface area (TPSA) is 63.5 Å². The third-order valence-corrected chi connectivity index (χ3v) is 4.21. The molecule has 142 valence electrons. The summed E-state index contributed by atoms with van der Waals surface area (Å²) < 4.78 is 7.67. The fourth-order valence-electron chi connectivity index (χ4n) is 2.90. The molecule has 0 aliphatic carbocycles. The number of aromatic nitrogens is 2. The van der Waals surface area contributed by atoms with Crippen LogP contribution in [0.15, 0.2) is 35.6 Å². The van der Waals surface area contributed by atoms with Crippen LogP contribution in [0.5, 0.6) is 5.75 Å². The third-order valence-electron chi connectivity index (χ3n) is 4.21. The summed E-state index contributed by atoms with van der Waals surface area (Å²) in [5.74, 6) is 3.19. The van der Waals surface area contributed by atoms with Crippen LogP contribution in [-0.4, -0.2) is 29.7 Å². The van der Waals surface area contributed by atoms with Crippen LogP contribution in [0.2, 0.25) is 0 Å². The first-order valence-corrected chi connectivity index (χ1v) is 9.06. The lowest BCUT2D eigenvalue weighted by molar-refractivity contribution is 0.405. The molecule has 1 aromatic carbocycles. The van der Waals surface area contributed by atoms with E-state index in [-0.39, 0.29) is 6.04 Å². The zero-order chi connectivity index (χ0) is 19.1. The Balaban J connectivity index is 2.02. The average molecular weight is 358 g/mol. The van der Waals surface area contributed by atoms with Gasteiger partial charge in [0.25, 0.3) is 0 Å². The second kappa shape index (κ2) is 9.27. The lowest BCUT2D eigenvalue weighted by atomic mass is 10.0. The maximum Gasteiger partial charge on any atom is 0.191 e. The minimum absolute atomic E-state index is 0.0615. The first-order chi connectivity index (χ1) is 12.4. The highest BCUT2D eigenvalue weighted by molar-refractivity contribution is 5.80. The van der Waals surface area contributed by atoms with E-state index in [2.05, 4.69) is 65.0 Å². The van der Waals surface area contributed by atoms with E-state index in [4.69, 9.17) is 4.74 Å². The van der Waals surface area contributed by atoms with Crippen molar-refractivity contribution < 1.29 is 4.74 Å². The third kappa shape index (κ3) is 5.25. The molecule has 1 aromatic heterocycles. The highest BCUT2D eigenvalue weighted by atomic mass is 16.5. The highest BCUT2D eigenvalue weighted by Gasteiger charge is 2.14. The highest BCUT2D eigenvalue weighted by Crippen LogP contribution is 2.25. The summed E-state index contributed by atoms with van der Waals surface area (Å²) in [6, 6.07) is 6.25. The van der Waals surface area contributed by atoms with Gasteiger partial charge in [-0.1, -0.05) is 31.5 Å². The molecular weight excluding hydrogens is 326 g/mol. The molecule has 1 heterocycles. The standard InChI is InChI=1S/C20H31N5O/c1-14(2)13-25-10-9-22-19(25)12-23-20(21-5)24-16(4)17-11-15(3)7-8-18(17)26-6/h7-11,14,16H,12-13H2,1-6H3,(H2,21,23,24). The molecule has 1 atom stereocenters. The van der Waals surface area contributed by atoms with Gasteiger partial charge in [0, 0.05) is 31.5 Å². The van der Waals surface area contributed by atoms with E-state index in [1.54, 1.807) is 14.2 Å². The molecule has 0 amide bonds. The number of nitrogens with zero attached hydrogens (tertiary/aromatic N) is 3. The van der Waals surface area contributed by atoms with Gasteiger partial charge >= 0.3 is 0 Å². The van der Waals surface area contributed by atoms with E-state index in [0.29, 0.717) is 12.5 Å². The summed E-state index contributed by atoms with van der Waals surface area (Å²) in [7, 11) is 3.47. The van der Waals surface area contributed by atoms with Crippen LogP contribution in [-0.2, 0) is 13.1 Å². The zero-order valence-corrected chi connectivity index (χ0v) is 16.7. The largest absolute Gasteiger partial charge is 0.496 e. The molecule has 0 radical (unpaired) electrons. The van der Waals surface area contributed by atoms with Gasteiger partial charge in [0.05, 0.1) is 19.7 Å². The Morgan fingerprint density at radius 2 is 2.08 bits per heavy atom. The minimum Gasteiger partial charge on any atom is -0.496 e. The Kier molecular flexibility index (Phi) is 7.06. The van der Waals surface area contributed by atoms with Crippen LogP contribution in [0.4, 0.5) is 0 Å². The van der Waals surface area contributed by atoms with Crippen LogP contribution in [0.1, 0.15) is 43.8 Å². The molecule has 0 saturated carbocycles. The molecule has 1 unspecified atom stereocenters. The summed E-state index contributed by atoms with van der Waals surface area (Å²) >= 11 is 0. The van der Waals surface area contributed by atoms with Gasteiger partial charge in [0.1, 0.15) is 11.6 Å². The fourth-order valence-corrected chi connectivity index (χ4v) is 2.90. The number of hydrogen-bond acceptors (Lipinski definition) is 3. The van der Waals surface area contributed by atoms with Crippen molar-refractivity contribution in [3.63, 3.8) is 0 Å². The summed E-state index contributed by atoms with van der Waals surface area (Å²) in [4.78, 5) is 8.79. The van der Waals surface area contributed by atoms with E-state index in [1.165, 1.54) is 5.56 Å². The monoisotopic (exact) mass is 357 g/mol. The molecule has 6 heteroatoms. The van der Waals surface area contributed by atoms with Crippen LogP contribution < -0.4 is 15.4 Å². The van der Waals surface area contributed by atoms with Crippen molar-refractivity contribution in [2.24, 2.45) is 10.9 Å². The molecule has 2 rings (SSSR count). The van der Waals surface area contributed by atoms with Gasteiger partial charge in [-0.3, -0.25) is 4.99 Å². The number of rotatable bonds is 7. The van der Waals surface area contributed by atoms with Gasteiger partial charge in [-0.2, -0.15) is 0 Å². The Morgan fingerprint density at radius 1 is 1.31 bits per heavy atom. The van der Waals surface area contributed by atoms with Crippen molar-refractivity contribution in [2.75, 3.05) is 14.2 Å². The summed E-state index contributed by atoms with van der Waals surface area (Å²) in [6.45, 7) is 10.2. The SMILES string of the molecule is CN=C(NCc1nccn1CC(C)C)NC(C)c1cc(C)ccc1OC. The van der Waals surface area contributed by atoms with Crippen LogP contribution >= 0.6 is 0 Å². The molecule has 0 aliphatic rings. The van der Waals surface area contributed by atoms with Crippen LogP contribution in [0.25, 0.3) is 0 Å². The molecule has 0 spiro atoms. The van der Waals surface area contributed by atoms with Gasteiger partial charge in [-0.15, -0.1) is 0 Å². The lowest BCUT2D eigenvalue weighted by Crippen LogP contribution is -2.39. The first kappa shape index (κ1) is 19.8. The smallest absolute Gasteiger partial charge is 0.191 e. The number of aliphatic imine (C=N–C) groups is 1. The normalized spacial score (nSPS) is 13.0. The molecule has 0 fully saturated rings. The van der Waals surface area contributed by atoms with Crippen LogP contribution in [0, 0.1) is 12.8 Å². The average Bonchev–Trinajstić information content (AvgIpc) is 3.04.